The van der Waals surface area contributed by atoms with Crippen LogP contribution in [0.5, 0.6) is 0 Å². The fourth-order valence-electron chi connectivity index (χ4n) is 9.66. The molecule has 0 radical (unpaired) electrons. The minimum atomic E-state index is -0.235. The Kier molecular flexibility index (Phi) is 6.55. The maximum atomic E-state index is 11.8. The Morgan fingerprint density at radius 3 is 2.39 bits per heavy atom. The van der Waals surface area contributed by atoms with Gasteiger partial charge in [-0.05, 0) is 104 Å². The number of aliphatic hydroxyl groups is 2. The molecule has 31 heavy (non-hydrogen) atoms. The average molecular weight is 435 g/mol. The third-order valence-electron chi connectivity index (χ3n) is 11.0. The Labute approximate surface area is 189 Å². The van der Waals surface area contributed by atoms with Gasteiger partial charge >= 0.3 is 5.97 Å². The Bertz CT molecular complexity index is 664. The van der Waals surface area contributed by atoms with Crippen molar-refractivity contribution in [1.82, 2.24) is 0 Å². The van der Waals surface area contributed by atoms with Gasteiger partial charge in [0.05, 0.1) is 6.10 Å². The first-order valence-electron chi connectivity index (χ1n) is 13.1. The Morgan fingerprint density at radius 2 is 1.74 bits per heavy atom. The number of carbonyl (C=O) groups excluding carboxylic acids is 1. The molecule has 178 valence electrons. The van der Waals surface area contributed by atoms with Gasteiger partial charge in [-0.15, -0.1) is 0 Å². The van der Waals surface area contributed by atoms with Crippen LogP contribution in [0, 0.1) is 52.3 Å². The standard InChI is InChI=1S/C27H46O4/c1-6-19-23-15-18(31-17(3)29)9-12-27(23,5)22-10-13-26(4)20(16(2)11-14-28)7-8-21(26)24(22)25(19)30/h16,18-25,28,30H,6-15H2,1-5H3/t16-,18-,19-,20-,21?,22+,23?,24?,25-,26-,27-/m1/s1. The van der Waals surface area contributed by atoms with Crippen LogP contribution < -0.4 is 0 Å². The van der Waals surface area contributed by atoms with Crippen LogP contribution in [0.3, 0.4) is 0 Å². The zero-order valence-electron chi connectivity index (χ0n) is 20.5. The molecule has 0 aliphatic heterocycles. The number of hydrogen-bond acceptors (Lipinski definition) is 4. The number of esters is 1. The van der Waals surface area contributed by atoms with Gasteiger partial charge in [-0.25, -0.2) is 0 Å². The highest BCUT2D eigenvalue weighted by Gasteiger charge is 2.65. The summed E-state index contributed by atoms with van der Waals surface area (Å²) in [6.07, 6.45) is 9.69. The second kappa shape index (κ2) is 8.63. The number of ether oxygens (including phenoxy) is 1. The normalized spacial score (nSPS) is 50.2. The van der Waals surface area contributed by atoms with Crippen molar-refractivity contribution in [1.29, 1.82) is 0 Å². The van der Waals surface area contributed by atoms with Gasteiger partial charge < -0.3 is 14.9 Å². The highest BCUT2D eigenvalue weighted by molar-refractivity contribution is 5.66. The van der Waals surface area contributed by atoms with E-state index in [-0.39, 0.29) is 30.2 Å². The Hall–Kier alpha value is -0.610. The van der Waals surface area contributed by atoms with Crippen LogP contribution in [0.15, 0.2) is 0 Å². The SMILES string of the molecule is CC[C@@H]1C2C[C@H](OC(C)=O)CC[C@]2(C)[C@H]2CC[C@@]3(C)C(CC[C@@H]3[C@H](C)CCO)C2[C@@H]1O. The van der Waals surface area contributed by atoms with Crippen molar-refractivity contribution in [2.24, 2.45) is 52.3 Å². The van der Waals surface area contributed by atoms with Crippen molar-refractivity contribution in [2.75, 3.05) is 6.61 Å². The monoisotopic (exact) mass is 434 g/mol. The summed E-state index contributed by atoms with van der Waals surface area (Å²) in [6, 6.07) is 0. The molecule has 0 heterocycles. The molecule has 11 atom stereocenters. The number of rotatable bonds is 5. The topological polar surface area (TPSA) is 66.8 Å². The van der Waals surface area contributed by atoms with Crippen molar-refractivity contribution in [3.8, 4) is 0 Å². The molecule has 0 bridgehead atoms. The maximum Gasteiger partial charge on any atom is 0.302 e. The predicted octanol–water partition coefficient (Wildman–Crippen LogP) is 5.20. The van der Waals surface area contributed by atoms with Crippen molar-refractivity contribution < 1.29 is 19.7 Å². The Balaban J connectivity index is 1.62. The lowest BCUT2D eigenvalue weighted by Gasteiger charge is -2.64. The summed E-state index contributed by atoms with van der Waals surface area (Å²) in [6.45, 7) is 11.4. The summed E-state index contributed by atoms with van der Waals surface area (Å²) < 4.78 is 5.66. The molecule has 0 spiro atoms. The zero-order chi connectivity index (χ0) is 22.6. The quantitative estimate of drug-likeness (QED) is 0.584. The molecule has 4 fully saturated rings. The highest BCUT2D eigenvalue weighted by Crippen LogP contribution is 2.69. The van der Waals surface area contributed by atoms with E-state index in [0.717, 1.165) is 32.1 Å². The molecule has 4 nitrogen and oxygen atoms in total. The molecular weight excluding hydrogens is 388 g/mol. The zero-order valence-corrected chi connectivity index (χ0v) is 20.5. The third-order valence-corrected chi connectivity index (χ3v) is 11.0. The summed E-state index contributed by atoms with van der Waals surface area (Å²) >= 11 is 0. The van der Waals surface area contributed by atoms with Crippen molar-refractivity contribution in [3.63, 3.8) is 0 Å². The van der Waals surface area contributed by atoms with Gasteiger partial charge in [-0.3, -0.25) is 4.79 Å². The molecule has 4 rings (SSSR count). The molecule has 0 aromatic carbocycles. The second-order valence-corrected chi connectivity index (χ2v) is 12.2. The first-order valence-corrected chi connectivity index (χ1v) is 13.1. The van der Waals surface area contributed by atoms with Gasteiger partial charge in [0.1, 0.15) is 6.10 Å². The number of hydrogen-bond donors (Lipinski definition) is 2. The lowest BCUT2D eigenvalue weighted by atomic mass is 9.41. The molecule has 4 saturated carbocycles. The number of aliphatic hydroxyl groups excluding tert-OH is 2. The van der Waals surface area contributed by atoms with E-state index in [1.54, 1.807) is 0 Å². The van der Waals surface area contributed by atoms with Crippen molar-refractivity contribution >= 4 is 5.97 Å². The largest absolute Gasteiger partial charge is 0.463 e. The van der Waals surface area contributed by atoms with Gasteiger partial charge in [0, 0.05) is 13.5 Å². The van der Waals surface area contributed by atoms with Crippen LogP contribution in [0.25, 0.3) is 0 Å². The third kappa shape index (κ3) is 3.68. The van der Waals surface area contributed by atoms with Crippen molar-refractivity contribution in [2.45, 2.75) is 105 Å². The summed E-state index contributed by atoms with van der Waals surface area (Å²) in [7, 11) is 0. The molecule has 0 amide bonds. The van der Waals surface area contributed by atoms with E-state index in [1.165, 1.54) is 32.6 Å². The Morgan fingerprint density at radius 1 is 1.06 bits per heavy atom. The summed E-state index contributed by atoms with van der Waals surface area (Å²) in [5.41, 5.74) is 0.546. The molecule has 4 aliphatic rings. The predicted molar refractivity (Wildman–Crippen MR) is 122 cm³/mol. The highest BCUT2D eigenvalue weighted by atomic mass is 16.5. The minimum Gasteiger partial charge on any atom is -0.463 e. The minimum absolute atomic E-state index is 0.0254. The fraction of sp³-hybridized carbons (Fsp3) is 0.963. The van der Waals surface area contributed by atoms with Crippen LogP contribution >= 0.6 is 0 Å². The molecular formula is C27H46O4. The summed E-state index contributed by atoms with van der Waals surface area (Å²) in [5.74, 6) is 3.40. The molecule has 0 aromatic heterocycles. The van der Waals surface area contributed by atoms with Gasteiger partial charge in [0.2, 0.25) is 0 Å². The smallest absolute Gasteiger partial charge is 0.302 e. The van der Waals surface area contributed by atoms with Crippen LogP contribution in [-0.2, 0) is 9.53 Å². The molecule has 4 aliphatic carbocycles. The second-order valence-electron chi connectivity index (χ2n) is 12.2. The van der Waals surface area contributed by atoms with Gasteiger partial charge in [0.15, 0.2) is 0 Å². The first kappa shape index (κ1) is 23.5. The fourth-order valence-corrected chi connectivity index (χ4v) is 9.66. The summed E-state index contributed by atoms with van der Waals surface area (Å²) in [4.78, 5) is 11.6. The van der Waals surface area contributed by atoms with Gasteiger partial charge in [-0.2, -0.15) is 0 Å². The molecule has 2 N–H and O–H groups in total. The number of carbonyl (C=O) groups is 1. The van der Waals surface area contributed by atoms with E-state index in [4.69, 9.17) is 4.74 Å². The van der Waals surface area contributed by atoms with E-state index < -0.39 is 0 Å². The lowest BCUT2D eigenvalue weighted by Crippen LogP contribution is -2.62. The molecule has 3 unspecified atom stereocenters. The van der Waals surface area contributed by atoms with E-state index in [0.29, 0.717) is 46.8 Å². The average Bonchev–Trinajstić information content (AvgIpc) is 3.06. The van der Waals surface area contributed by atoms with E-state index >= 15 is 0 Å². The molecule has 0 aromatic rings. The van der Waals surface area contributed by atoms with Crippen LogP contribution in [-0.4, -0.2) is 35.0 Å². The molecule has 4 heteroatoms. The summed E-state index contributed by atoms with van der Waals surface area (Å²) in [5, 5.41) is 21.4. The van der Waals surface area contributed by atoms with E-state index in [9.17, 15) is 15.0 Å². The van der Waals surface area contributed by atoms with Crippen LogP contribution in [0.2, 0.25) is 0 Å². The first-order chi connectivity index (χ1) is 14.7. The van der Waals surface area contributed by atoms with Crippen molar-refractivity contribution in [3.05, 3.63) is 0 Å². The van der Waals surface area contributed by atoms with E-state index in [2.05, 4.69) is 27.7 Å². The van der Waals surface area contributed by atoms with E-state index in [1.807, 2.05) is 0 Å². The van der Waals surface area contributed by atoms with Crippen LogP contribution in [0.1, 0.15) is 92.4 Å². The lowest BCUT2D eigenvalue weighted by molar-refractivity contribution is -0.207. The number of fused-ring (bicyclic) bond motifs is 5. The van der Waals surface area contributed by atoms with Gasteiger partial charge in [-0.1, -0.05) is 34.1 Å². The molecule has 0 saturated heterocycles. The van der Waals surface area contributed by atoms with Crippen LogP contribution in [0.4, 0.5) is 0 Å². The van der Waals surface area contributed by atoms with Gasteiger partial charge in [0.25, 0.3) is 0 Å². The maximum absolute atomic E-state index is 11.8.